The summed E-state index contributed by atoms with van der Waals surface area (Å²) in [5, 5.41) is 3.36. The van der Waals surface area contributed by atoms with Gasteiger partial charge in [0.15, 0.2) is 0 Å². The minimum absolute atomic E-state index is 0.895. The first kappa shape index (κ1) is 14.2. The van der Waals surface area contributed by atoms with E-state index >= 15 is 0 Å². The van der Waals surface area contributed by atoms with Crippen LogP contribution in [0.1, 0.15) is 18.2 Å². The highest BCUT2D eigenvalue weighted by Gasteiger charge is 2.02. The van der Waals surface area contributed by atoms with E-state index in [9.17, 15) is 0 Å². The van der Waals surface area contributed by atoms with Crippen molar-refractivity contribution < 1.29 is 0 Å². The number of hydrogen-bond acceptors (Lipinski definition) is 3. The van der Waals surface area contributed by atoms with Crippen molar-refractivity contribution in [1.29, 1.82) is 0 Å². The van der Waals surface area contributed by atoms with Crippen molar-refractivity contribution in [3.63, 3.8) is 0 Å². The zero-order valence-corrected chi connectivity index (χ0v) is 12.9. The number of thioether (sulfide) groups is 1. The summed E-state index contributed by atoms with van der Waals surface area (Å²) in [6.07, 6.45) is 4.14. The zero-order chi connectivity index (χ0) is 14.5. The van der Waals surface area contributed by atoms with Crippen LogP contribution >= 0.6 is 11.8 Å². The number of pyridine rings is 1. The minimum Gasteiger partial charge on any atom is -0.313 e. The van der Waals surface area contributed by atoms with E-state index in [1.54, 1.807) is 0 Å². The summed E-state index contributed by atoms with van der Waals surface area (Å²) in [5.41, 5.74) is 3.45. The van der Waals surface area contributed by atoms with Crippen LogP contribution in [0.2, 0.25) is 0 Å². The zero-order valence-electron chi connectivity index (χ0n) is 12.1. The second kappa shape index (κ2) is 6.78. The number of nitrogens with one attached hydrogen (secondary N) is 1. The van der Waals surface area contributed by atoms with E-state index in [0.717, 1.165) is 30.2 Å². The normalized spacial score (nSPS) is 11.1. The average Bonchev–Trinajstić information content (AvgIpc) is 2.94. The Bertz CT molecular complexity index is 688. The highest BCUT2D eigenvalue weighted by atomic mass is 32.2. The topological polar surface area (TPSA) is 29.3 Å². The van der Waals surface area contributed by atoms with Crippen molar-refractivity contribution in [3.05, 3.63) is 66.1 Å². The molecule has 0 saturated carbocycles. The fourth-order valence-electron chi connectivity index (χ4n) is 2.23. The van der Waals surface area contributed by atoms with Gasteiger partial charge < -0.3 is 9.72 Å². The van der Waals surface area contributed by atoms with Gasteiger partial charge >= 0.3 is 0 Å². The molecule has 0 aliphatic rings. The van der Waals surface area contributed by atoms with Crippen LogP contribution in [0.15, 0.2) is 59.8 Å². The van der Waals surface area contributed by atoms with Gasteiger partial charge in [0.1, 0.15) is 5.65 Å². The first-order valence-electron chi connectivity index (χ1n) is 7.20. The molecular weight excluding hydrogens is 278 g/mol. The summed E-state index contributed by atoms with van der Waals surface area (Å²) in [7, 11) is 0. The Balaban J connectivity index is 1.66. The van der Waals surface area contributed by atoms with Crippen LogP contribution in [-0.2, 0) is 12.3 Å². The molecule has 3 nitrogen and oxygen atoms in total. The molecule has 3 rings (SSSR count). The molecule has 0 bridgehead atoms. The molecule has 1 N–H and O–H groups in total. The number of hydrogen-bond donors (Lipinski definition) is 1. The third kappa shape index (κ3) is 3.65. The van der Waals surface area contributed by atoms with Crippen LogP contribution < -0.4 is 5.32 Å². The lowest BCUT2D eigenvalue weighted by Gasteiger charge is -2.05. The van der Waals surface area contributed by atoms with E-state index in [2.05, 4.69) is 52.1 Å². The number of aromatic nitrogens is 2. The van der Waals surface area contributed by atoms with Gasteiger partial charge in [-0.3, -0.25) is 0 Å². The Hall–Kier alpha value is -1.78. The molecule has 2 aromatic heterocycles. The van der Waals surface area contributed by atoms with Crippen LogP contribution in [0, 0.1) is 0 Å². The molecule has 0 saturated heterocycles. The van der Waals surface area contributed by atoms with Crippen molar-refractivity contribution in [1.82, 2.24) is 14.7 Å². The van der Waals surface area contributed by atoms with E-state index < -0.39 is 0 Å². The average molecular weight is 297 g/mol. The Morgan fingerprint density at radius 1 is 1.19 bits per heavy atom. The van der Waals surface area contributed by atoms with Gasteiger partial charge in [-0.2, -0.15) is 0 Å². The maximum Gasteiger partial charge on any atom is 0.137 e. The highest BCUT2D eigenvalue weighted by Crippen LogP contribution is 2.23. The molecule has 0 atom stereocenters. The molecule has 0 spiro atoms. The molecular formula is C17H19N3S. The largest absolute Gasteiger partial charge is 0.313 e. The lowest BCUT2D eigenvalue weighted by Crippen LogP contribution is -2.11. The van der Waals surface area contributed by atoms with Crippen molar-refractivity contribution in [2.24, 2.45) is 0 Å². The third-order valence-electron chi connectivity index (χ3n) is 3.28. The lowest BCUT2D eigenvalue weighted by molar-refractivity contribution is 0.725. The van der Waals surface area contributed by atoms with Gasteiger partial charge in [0, 0.05) is 29.6 Å². The SMILES string of the molecule is CCNCc1cccc(SCc2cn3ccccc3n2)c1. The molecule has 21 heavy (non-hydrogen) atoms. The standard InChI is InChI=1S/C17H19N3S/c1-2-18-11-14-6-5-7-16(10-14)21-13-15-12-20-9-4-3-8-17(20)19-15/h3-10,12,18H,2,11,13H2,1H3. The Kier molecular flexibility index (Phi) is 4.58. The number of benzene rings is 1. The maximum absolute atomic E-state index is 4.63. The molecule has 0 amide bonds. The Morgan fingerprint density at radius 2 is 2.14 bits per heavy atom. The number of fused-ring (bicyclic) bond motifs is 1. The van der Waals surface area contributed by atoms with Crippen LogP contribution in [-0.4, -0.2) is 15.9 Å². The van der Waals surface area contributed by atoms with Gasteiger partial charge in [0.25, 0.3) is 0 Å². The minimum atomic E-state index is 0.895. The molecule has 3 aromatic rings. The van der Waals surface area contributed by atoms with Gasteiger partial charge in [-0.05, 0) is 36.4 Å². The maximum atomic E-state index is 4.63. The van der Waals surface area contributed by atoms with Crippen molar-refractivity contribution in [2.75, 3.05) is 6.54 Å². The number of imidazole rings is 1. The van der Waals surface area contributed by atoms with Crippen molar-refractivity contribution in [3.8, 4) is 0 Å². The summed E-state index contributed by atoms with van der Waals surface area (Å²) >= 11 is 1.83. The second-order valence-electron chi connectivity index (χ2n) is 4.91. The smallest absolute Gasteiger partial charge is 0.137 e. The van der Waals surface area contributed by atoms with Crippen molar-refractivity contribution in [2.45, 2.75) is 24.1 Å². The summed E-state index contributed by atoms with van der Waals surface area (Å²) in [6.45, 7) is 4.06. The van der Waals surface area contributed by atoms with E-state index in [0.29, 0.717) is 0 Å². The number of nitrogens with zero attached hydrogens (tertiary/aromatic N) is 2. The Labute approximate surface area is 129 Å². The molecule has 0 aliphatic carbocycles. The first-order valence-corrected chi connectivity index (χ1v) is 8.19. The molecule has 0 fully saturated rings. The van der Waals surface area contributed by atoms with Gasteiger partial charge in [0.05, 0.1) is 5.69 Å². The third-order valence-corrected chi connectivity index (χ3v) is 4.31. The Morgan fingerprint density at radius 3 is 3.00 bits per heavy atom. The van der Waals surface area contributed by atoms with Gasteiger partial charge in [-0.25, -0.2) is 4.98 Å². The molecule has 108 valence electrons. The quantitative estimate of drug-likeness (QED) is 0.703. The van der Waals surface area contributed by atoms with Gasteiger partial charge in [0.2, 0.25) is 0 Å². The van der Waals surface area contributed by atoms with Crippen molar-refractivity contribution >= 4 is 17.4 Å². The van der Waals surface area contributed by atoms with Crippen LogP contribution in [0.4, 0.5) is 0 Å². The predicted octanol–water partition coefficient (Wildman–Crippen LogP) is 3.74. The fourth-order valence-corrected chi connectivity index (χ4v) is 3.09. The summed E-state index contributed by atoms with van der Waals surface area (Å²) in [4.78, 5) is 5.92. The molecule has 2 heterocycles. The molecule has 0 radical (unpaired) electrons. The molecule has 1 aromatic carbocycles. The first-order chi connectivity index (χ1) is 10.3. The number of rotatable bonds is 6. The van der Waals surface area contributed by atoms with Crippen LogP contribution in [0.3, 0.4) is 0 Å². The van der Waals surface area contributed by atoms with Gasteiger partial charge in [-0.1, -0.05) is 25.1 Å². The molecule has 4 heteroatoms. The lowest BCUT2D eigenvalue weighted by atomic mass is 10.2. The van der Waals surface area contributed by atoms with E-state index in [-0.39, 0.29) is 0 Å². The van der Waals surface area contributed by atoms with E-state index in [1.165, 1.54) is 10.5 Å². The second-order valence-corrected chi connectivity index (χ2v) is 5.96. The van der Waals surface area contributed by atoms with Crippen LogP contribution in [0.25, 0.3) is 5.65 Å². The van der Waals surface area contributed by atoms with E-state index in [1.807, 2.05) is 36.2 Å². The predicted molar refractivity (Wildman–Crippen MR) is 88.6 cm³/mol. The van der Waals surface area contributed by atoms with Crippen LogP contribution in [0.5, 0.6) is 0 Å². The highest BCUT2D eigenvalue weighted by molar-refractivity contribution is 7.98. The van der Waals surface area contributed by atoms with E-state index in [4.69, 9.17) is 0 Å². The van der Waals surface area contributed by atoms with Gasteiger partial charge in [-0.15, -0.1) is 11.8 Å². The molecule has 0 aliphatic heterocycles. The fraction of sp³-hybridized carbons (Fsp3) is 0.235. The summed E-state index contributed by atoms with van der Waals surface area (Å²) in [5.74, 6) is 0.895. The monoisotopic (exact) mass is 297 g/mol. The summed E-state index contributed by atoms with van der Waals surface area (Å²) < 4.78 is 2.07. The molecule has 0 unspecified atom stereocenters. The summed E-state index contributed by atoms with van der Waals surface area (Å²) in [6, 6.07) is 14.8.